The minimum absolute atomic E-state index is 0.233. The number of nitrogens with one attached hydrogen (secondary N) is 2. The van der Waals surface area contributed by atoms with E-state index >= 15 is 0 Å². The summed E-state index contributed by atoms with van der Waals surface area (Å²) in [5, 5.41) is 17.1. The van der Waals surface area contributed by atoms with Gasteiger partial charge in [0.1, 0.15) is 24.2 Å². The van der Waals surface area contributed by atoms with Crippen LogP contribution in [0, 0.1) is 5.92 Å². The molecule has 1 fully saturated rings. The molecule has 2 aromatic carbocycles. The number of fused-ring (bicyclic) bond motifs is 1. The standard InChI is InChI=1S/C25H35N3O5S/c1-18-14-23-24(27-18)4-3-5-25(23)33-17-20(29)16-26-15-19-10-12-28(13-11-19)34(30,31)22-8-6-21(32-2)7-9-22/h3-9,18-20,26-27,29H,10-17H2,1-2H3/t18?,20-/m0/s1. The Bertz CT molecular complexity index is 1050. The van der Waals surface area contributed by atoms with Gasteiger partial charge in [-0.05, 0) is 75.0 Å². The lowest BCUT2D eigenvalue weighted by molar-refractivity contribution is 0.104. The quantitative estimate of drug-likeness (QED) is 0.471. The van der Waals surface area contributed by atoms with Crippen LogP contribution >= 0.6 is 0 Å². The summed E-state index contributed by atoms with van der Waals surface area (Å²) < 4.78 is 38.4. The number of piperidine rings is 1. The van der Waals surface area contributed by atoms with Crippen molar-refractivity contribution in [2.45, 2.75) is 43.2 Å². The van der Waals surface area contributed by atoms with E-state index in [0.717, 1.165) is 37.2 Å². The van der Waals surface area contributed by atoms with Crippen LogP contribution in [-0.2, 0) is 16.4 Å². The first-order valence-electron chi connectivity index (χ1n) is 11.9. The van der Waals surface area contributed by atoms with Crippen LogP contribution in [0.4, 0.5) is 5.69 Å². The molecule has 1 saturated heterocycles. The monoisotopic (exact) mass is 489 g/mol. The number of aliphatic hydroxyl groups is 1. The van der Waals surface area contributed by atoms with Crippen molar-refractivity contribution in [2.75, 3.05) is 45.2 Å². The summed E-state index contributed by atoms with van der Waals surface area (Å²) in [5.41, 5.74) is 2.28. The molecule has 1 unspecified atom stereocenters. The van der Waals surface area contributed by atoms with E-state index in [9.17, 15) is 13.5 Å². The molecule has 0 radical (unpaired) electrons. The van der Waals surface area contributed by atoms with E-state index in [0.29, 0.717) is 42.2 Å². The zero-order valence-corrected chi connectivity index (χ0v) is 20.7. The van der Waals surface area contributed by atoms with E-state index in [4.69, 9.17) is 9.47 Å². The number of methoxy groups -OCH3 is 1. The number of hydrogen-bond donors (Lipinski definition) is 3. The van der Waals surface area contributed by atoms with Gasteiger partial charge in [0.25, 0.3) is 0 Å². The lowest BCUT2D eigenvalue weighted by atomic mass is 9.98. The lowest BCUT2D eigenvalue weighted by Crippen LogP contribution is -2.42. The Kier molecular flexibility index (Phi) is 7.98. The maximum atomic E-state index is 12.9. The maximum absolute atomic E-state index is 12.9. The number of nitrogens with zero attached hydrogens (tertiary/aromatic N) is 1. The number of anilines is 1. The highest BCUT2D eigenvalue weighted by atomic mass is 32.2. The molecular weight excluding hydrogens is 454 g/mol. The predicted molar refractivity (Wildman–Crippen MR) is 132 cm³/mol. The second-order valence-electron chi connectivity index (χ2n) is 9.18. The Morgan fingerprint density at radius 1 is 1.18 bits per heavy atom. The van der Waals surface area contributed by atoms with Gasteiger partial charge in [-0.3, -0.25) is 0 Å². The number of hydrogen-bond acceptors (Lipinski definition) is 7. The first-order valence-corrected chi connectivity index (χ1v) is 13.3. The molecule has 4 rings (SSSR count). The van der Waals surface area contributed by atoms with Gasteiger partial charge >= 0.3 is 0 Å². The van der Waals surface area contributed by atoms with Crippen LogP contribution in [0.15, 0.2) is 47.4 Å². The summed E-state index contributed by atoms with van der Waals surface area (Å²) in [4.78, 5) is 0.294. The van der Waals surface area contributed by atoms with Gasteiger partial charge in [0.15, 0.2) is 0 Å². The summed E-state index contributed by atoms with van der Waals surface area (Å²) >= 11 is 0. The predicted octanol–water partition coefficient (Wildman–Crippen LogP) is 2.48. The third-order valence-electron chi connectivity index (χ3n) is 6.56. The summed E-state index contributed by atoms with van der Waals surface area (Å²) in [6, 6.07) is 12.9. The normalized spacial score (nSPS) is 19.9. The van der Waals surface area contributed by atoms with Gasteiger partial charge in [-0.1, -0.05) is 6.07 Å². The summed E-state index contributed by atoms with van der Waals surface area (Å²) in [5.74, 6) is 1.84. The largest absolute Gasteiger partial charge is 0.497 e. The minimum Gasteiger partial charge on any atom is -0.497 e. The Morgan fingerprint density at radius 3 is 2.62 bits per heavy atom. The van der Waals surface area contributed by atoms with Crippen LogP contribution in [0.25, 0.3) is 0 Å². The van der Waals surface area contributed by atoms with Crippen molar-refractivity contribution in [3.05, 3.63) is 48.0 Å². The highest BCUT2D eigenvalue weighted by Gasteiger charge is 2.29. The molecule has 0 spiro atoms. The van der Waals surface area contributed by atoms with Crippen LogP contribution in [0.1, 0.15) is 25.3 Å². The van der Waals surface area contributed by atoms with E-state index in [1.54, 1.807) is 35.7 Å². The fraction of sp³-hybridized carbons (Fsp3) is 0.520. The maximum Gasteiger partial charge on any atom is 0.243 e. The second kappa shape index (κ2) is 10.9. The molecule has 0 saturated carbocycles. The number of ether oxygens (including phenoxy) is 2. The van der Waals surface area contributed by atoms with E-state index in [-0.39, 0.29) is 6.61 Å². The molecule has 9 heteroatoms. The van der Waals surface area contributed by atoms with E-state index < -0.39 is 16.1 Å². The molecule has 0 aliphatic carbocycles. The summed E-state index contributed by atoms with van der Waals surface area (Å²) in [7, 11) is -1.93. The van der Waals surface area contributed by atoms with Gasteiger partial charge in [0.2, 0.25) is 10.0 Å². The first-order chi connectivity index (χ1) is 16.4. The Labute approximate surface area is 202 Å². The van der Waals surface area contributed by atoms with Crippen LogP contribution in [0.2, 0.25) is 0 Å². The van der Waals surface area contributed by atoms with Crippen molar-refractivity contribution in [3.8, 4) is 11.5 Å². The molecule has 2 atom stereocenters. The smallest absolute Gasteiger partial charge is 0.243 e. The lowest BCUT2D eigenvalue weighted by Gasteiger charge is -2.31. The Balaban J connectivity index is 1.17. The van der Waals surface area contributed by atoms with Crippen molar-refractivity contribution in [2.24, 2.45) is 5.92 Å². The number of rotatable bonds is 10. The van der Waals surface area contributed by atoms with Crippen molar-refractivity contribution in [1.29, 1.82) is 0 Å². The molecule has 2 aromatic rings. The molecule has 186 valence electrons. The molecule has 0 aromatic heterocycles. The second-order valence-corrected chi connectivity index (χ2v) is 11.1. The van der Waals surface area contributed by atoms with Crippen molar-refractivity contribution in [1.82, 2.24) is 9.62 Å². The highest BCUT2D eigenvalue weighted by Crippen LogP contribution is 2.33. The molecule has 34 heavy (non-hydrogen) atoms. The fourth-order valence-electron chi connectivity index (χ4n) is 4.62. The summed E-state index contributed by atoms with van der Waals surface area (Å²) in [6.45, 7) is 4.55. The number of sulfonamides is 1. The number of aliphatic hydroxyl groups excluding tert-OH is 1. The SMILES string of the molecule is COc1ccc(S(=O)(=O)N2CCC(CNC[C@H](O)COc3cccc4c3CC(C)N4)CC2)cc1. The van der Waals surface area contributed by atoms with E-state index in [1.807, 2.05) is 12.1 Å². The Morgan fingerprint density at radius 2 is 1.91 bits per heavy atom. The average Bonchev–Trinajstić information content (AvgIpc) is 3.24. The van der Waals surface area contributed by atoms with E-state index in [1.165, 1.54) is 5.56 Å². The molecule has 3 N–H and O–H groups in total. The minimum atomic E-state index is -3.49. The van der Waals surface area contributed by atoms with E-state index in [2.05, 4.69) is 23.6 Å². The topological polar surface area (TPSA) is 100 Å². The van der Waals surface area contributed by atoms with Gasteiger partial charge in [-0.2, -0.15) is 4.31 Å². The zero-order valence-electron chi connectivity index (χ0n) is 19.9. The van der Waals surface area contributed by atoms with Gasteiger partial charge in [0, 0.05) is 36.9 Å². The molecular formula is C25H35N3O5S. The molecule has 0 amide bonds. The van der Waals surface area contributed by atoms with Crippen molar-refractivity contribution in [3.63, 3.8) is 0 Å². The summed E-state index contributed by atoms with van der Waals surface area (Å²) in [6.07, 6.45) is 1.89. The number of benzene rings is 2. The highest BCUT2D eigenvalue weighted by molar-refractivity contribution is 7.89. The molecule has 2 heterocycles. The molecule has 2 aliphatic heterocycles. The first kappa shape index (κ1) is 24.8. The van der Waals surface area contributed by atoms with Gasteiger partial charge in [-0.25, -0.2) is 8.42 Å². The van der Waals surface area contributed by atoms with Crippen LogP contribution < -0.4 is 20.1 Å². The van der Waals surface area contributed by atoms with Gasteiger partial charge in [-0.15, -0.1) is 0 Å². The van der Waals surface area contributed by atoms with Gasteiger partial charge in [0.05, 0.1) is 12.0 Å². The van der Waals surface area contributed by atoms with Crippen LogP contribution in [0.3, 0.4) is 0 Å². The Hall–Kier alpha value is -2.33. The van der Waals surface area contributed by atoms with Gasteiger partial charge < -0.3 is 25.2 Å². The molecule has 0 bridgehead atoms. The molecule has 8 nitrogen and oxygen atoms in total. The average molecular weight is 490 g/mol. The zero-order chi connectivity index (χ0) is 24.1. The third-order valence-corrected chi connectivity index (χ3v) is 8.47. The molecule has 2 aliphatic rings. The van der Waals surface area contributed by atoms with Crippen LogP contribution in [-0.4, -0.2) is 69.9 Å². The van der Waals surface area contributed by atoms with Crippen molar-refractivity contribution < 1.29 is 23.0 Å². The third kappa shape index (κ3) is 5.83. The van der Waals surface area contributed by atoms with Crippen LogP contribution in [0.5, 0.6) is 11.5 Å². The van der Waals surface area contributed by atoms with Crippen molar-refractivity contribution >= 4 is 15.7 Å². The fourth-order valence-corrected chi connectivity index (χ4v) is 6.09.